The molecular weight excluding hydrogens is 325 g/mol. The number of nitrogens with zero attached hydrogens (tertiary/aromatic N) is 2. The fraction of sp³-hybridized carbons (Fsp3) is 0.600. The molecule has 0 aliphatic carbocycles. The summed E-state index contributed by atoms with van der Waals surface area (Å²) in [6.07, 6.45) is 4.96. The fourth-order valence-electron chi connectivity index (χ4n) is 3.60. The number of hydrogen-bond donors (Lipinski definition) is 1. The van der Waals surface area contributed by atoms with Crippen LogP contribution in [-0.4, -0.2) is 35.0 Å². The molecule has 0 spiro atoms. The van der Waals surface area contributed by atoms with E-state index in [2.05, 4.69) is 17.3 Å². The monoisotopic (exact) mass is 345 g/mol. The molecule has 5 nitrogen and oxygen atoms in total. The molecule has 1 aromatic rings. The number of nitrogens with one attached hydrogen (secondary N) is 1. The standard InChI is InChI=1S/C15H20ClN3O2.ClH/c1-18(13-7-11-3-4-12(8-13)17-11)9-10-2-5-15(19(20)21)14(16)6-10;/h2,5-6,11-13,17H,3-4,7-9H2,1H3;1H. The van der Waals surface area contributed by atoms with Crippen molar-refractivity contribution in [3.05, 3.63) is 38.9 Å². The van der Waals surface area contributed by atoms with Crippen LogP contribution >= 0.6 is 24.0 Å². The number of piperidine rings is 1. The second kappa shape index (κ2) is 7.13. The molecule has 2 heterocycles. The lowest BCUT2D eigenvalue weighted by molar-refractivity contribution is -0.384. The number of rotatable bonds is 4. The largest absolute Gasteiger partial charge is 0.311 e. The van der Waals surface area contributed by atoms with Crippen LogP contribution in [0.25, 0.3) is 0 Å². The lowest BCUT2D eigenvalue weighted by atomic mass is 9.98. The van der Waals surface area contributed by atoms with Gasteiger partial charge < -0.3 is 5.32 Å². The Morgan fingerprint density at radius 1 is 1.36 bits per heavy atom. The highest BCUT2D eigenvalue weighted by molar-refractivity contribution is 6.32. The lowest BCUT2D eigenvalue weighted by Crippen LogP contribution is -2.46. The van der Waals surface area contributed by atoms with Gasteiger partial charge in [-0.1, -0.05) is 17.7 Å². The maximum atomic E-state index is 10.8. The molecule has 2 aliphatic rings. The van der Waals surface area contributed by atoms with Crippen LogP contribution in [0.2, 0.25) is 5.02 Å². The predicted octanol–water partition coefficient (Wildman–Crippen LogP) is 3.38. The van der Waals surface area contributed by atoms with E-state index in [4.69, 9.17) is 11.6 Å². The highest BCUT2D eigenvalue weighted by Crippen LogP contribution is 2.31. The molecule has 122 valence electrons. The van der Waals surface area contributed by atoms with Gasteiger partial charge in [-0.05, 0) is 44.4 Å². The fourth-order valence-corrected chi connectivity index (χ4v) is 3.87. The van der Waals surface area contributed by atoms with Crippen LogP contribution in [0.1, 0.15) is 31.2 Å². The molecule has 2 bridgehead atoms. The molecule has 2 unspecified atom stereocenters. The summed E-state index contributed by atoms with van der Waals surface area (Å²) in [5, 5.41) is 14.6. The van der Waals surface area contributed by atoms with Crippen LogP contribution in [0.15, 0.2) is 18.2 Å². The number of nitro benzene ring substituents is 1. The summed E-state index contributed by atoms with van der Waals surface area (Å²) in [5.41, 5.74) is 1.00. The molecule has 1 N–H and O–H groups in total. The lowest BCUT2D eigenvalue weighted by Gasteiger charge is -2.35. The summed E-state index contributed by atoms with van der Waals surface area (Å²) >= 11 is 5.98. The van der Waals surface area contributed by atoms with Gasteiger partial charge in [0.05, 0.1) is 4.92 Å². The van der Waals surface area contributed by atoms with Crippen molar-refractivity contribution in [2.75, 3.05) is 7.05 Å². The van der Waals surface area contributed by atoms with Crippen molar-refractivity contribution in [2.45, 2.75) is 50.4 Å². The van der Waals surface area contributed by atoms with E-state index in [9.17, 15) is 10.1 Å². The molecular formula is C15H21Cl2N3O2. The quantitative estimate of drug-likeness (QED) is 0.671. The number of halogens is 2. The first-order chi connectivity index (χ1) is 10.0. The van der Waals surface area contributed by atoms with E-state index in [0.29, 0.717) is 18.1 Å². The van der Waals surface area contributed by atoms with Gasteiger partial charge in [-0.3, -0.25) is 15.0 Å². The average Bonchev–Trinajstić information content (AvgIpc) is 2.77. The van der Waals surface area contributed by atoms with Gasteiger partial charge in [0, 0.05) is 30.7 Å². The molecule has 1 aromatic carbocycles. The van der Waals surface area contributed by atoms with Gasteiger partial charge in [0.15, 0.2) is 0 Å². The summed E-state index contributed by atoms with van der Waals surface area (Å²) < 4.78 is 0. The Morgan fingerprint density at radius 2 is 2.00 bits per heavy atom. The Balaban J connectivity index is 0.00000176. The highest BCUT2D eigenvalue weighted by atomic mass is 35.5. The zero-order valence-corrected chi connectivity index (χ0v) is 14.1. The molecule has 0 radical (unpaired) electrons. The van der Waals surface area contributed by atoms with Gasteiger partial charge in [0.2, 0.25) is 0 Å². The van der Waals surface area contributed by atoms with E-state index in [1.807, 2.05) is 0 Å². The van der Waals surface area contributed by atoms with E-state index < -0.39 is 4.92 Å². The zero-order valence-electron chi connectivity index (χ0n) is 12.5. The van der Waals surface area contributed by atoms with Crippen LogP contribution < -0.4 is 5.32 Å². The molecule has 2 atom stereocenters. The minimum Gasteiger partial charge on any atom is -0.311 e. The summed E-state index contributed by atoms with van der Waals surface area (Å²) in [7, 11) is 2.13. The Labute approximate surface area is 141 Å². The van der Waals surface area contributed by atoms with Gasteiger partial charge in [-0.2, -0.15) is 0 Å². The Kier molecular flexibility index (Phi) is 5.66. The van der Waals surface area contributed by atoms with Crippen molar-refractivity contribution >= 4 is 29.7 Å². The third kappa shape index (κ3) is 3.71. The molecule has 0 saturated carbocycles. The van der Waals surface area contributed by atoms with E-state index >= 15 is 0 Å². The highest BCUT2D eigenvalue weighted by Gasteiger charge is 2.34. The Morgan fingerprint density at radius 3 is 2.55 bits per heavy atom. The maximum absolute atomic E-state index is 10.8. The number of benzene rings is 1. The Hall–Kier alpha value is -0.880. The van der Waals surface area contributed by atoms with Crippen LogP contribution in [0.3, 0.4) is 0 Å². The third-order valence-corrected chi connectivity index (χ3v) is 5.02. The van der Waals surface area contributed by atoms with Crippen molar-refractivity contribution in [3.8, 4) is 0 Å². The van der Waals surface area contributed by atoms with Crippen molar-refractivity contribution < 1.29 is 4.92 Å². The minimum absolute atomic E-state index is 0. The maximum Gasteiger partial charge on any atom is 0.287 e. The molecule has 2 fully saturated rings. The predicted molar refractivity (Wildman–Crippen MR) is 89.8 cm³/mol. The number of hydrogen-bond acceptors (Lipinski definition) is 4. The normalized spacial score (nSPS) is 26.8. The molecule has 2 saturated heterocycles. The number of fused-ring (bicyclic) bond motifs is 2. The molecule has 3 rings (SSSR count). The Bertz CT molecular complexity index is 544. The second-order valence-corrected chi connectivity index (χ2v) is 6.63. The third-order valence-electron chi connectivity index (χ3n) is 4.71. The zero-order chi connectivity index (χ0) is 15.0. The molecule has 0 aromatic heterocycles. The molecule has 2 aliphatic heterocycles. The summed E-state index contributed by atoms with van der Waals surface area (Å²) in [6, 6.07) is 6.92. The first kappa shape index (κ1) is 17.5. The molecule has 7 heteroatoms. The van der Waals surface area contributed by atoms with Gasteiger partial charge in [-0.15, -0.1) is 12.4 Å². The van der Waals surface area contributed by atoms with Crippen LogP contribution in [0, 0.1) is 10.1 Å². The topological polar surface area (TPSA) is 58.4 Å². The van der Waals surface area contributed by atoms with Crippen molar-refractivity contribution in [1.29, 1.82) is 0 Å². The van der Waals surface area contributed by atoms with Crippen LogP contribution in [-0.2, 0) is 6.54 Å². The summed E-state index contributed by atoms with van der Waals surface area (Å²) in [5.74, 6) is 0. The first-order valence-corrected chi connectivity index (χ1v) is 7.80. The van der Waals surface area contributed by atoms with Crippen LogP contribution in [0.4, 0.5) is 5.69 Å². The van der Waals surface area contributed by atoms with Crippen molar-refractivity contribution in [2.24, 2.45) is 0 Å². The van der Waals surface area contributed by atoms with Gasteiger partial charge in [0.25, 0.3) is 5.69 Å². The van der Waals surface area contributed by atoms with Gasteiger partial charge in [-0.25, -0.2) is 0 Å². The molecule has 22 heavy (non-hydrogen) atoms. The second-order valence-electron chi connectivity index (χ2n) is 6.22. The van der Waals surface area contributed by atoms with E-state index in [1.165, 1.54) is 31.7 Å². The van der Waals surface area contributed by atoms with Crippen LogP contribution in [0.5, 0.6) is 0 Å². The van der Waals surface area contributed by atoms with Gasteiger partial charge in [0.1, 0.15) is 5.02 Å². The van der Waals surface area contributed by atoms with E-state index in [-0.39, 0.29) is 23.1 Å². The summed E-state index contributed by atoms with van der Waals surface area (Å²) in [4.78, 5) is 12.7. The molecule has 0 amide bonds. The van der Waals surface area contributed by atoms with E-state index in [1.54, 1.807) is 12.1 Å². The van der Waals surface area contributed by atoms with Crippen molar-refractivity contribution in [3.63, 3.8) is 0 Å². The first-order valence-electron chi connectivity index (χ1n) is 7.42. The summed E-state index contributed by atoms with van der Waals surface area (Å²) in [6.45, 7) is 0.780. The van der Waals surface area contributed by atoms with Crippen molar-refractivity contribution in [1.82, 2.24) is 10.2 Å². The van der Waals surface area contributed by atoms with E-state index in [0.717, 1.165) is 12.1 Å². The average molecular weight is 346 g/mol. The number of nitro groups is 1. The SMILES string of the molecule is CN(Cc1ccc([N+](=O)[O-])c(Cl)c1)C1CC2CCC(C1)N2.Cl. The smallest absolute Gasteiger partial charge is 0.287 e. The minimum atomic E-state index is -0.444. The van der Waals surface area contributed by atoms with Gasteiger partial charge >= 0.3 is 0 Å².